The van der Waals surface area contributed by atoms with E-state index in [0.29, 0.717) is 17.8 Å². The number of aryl methyl sites for hydroxylation is 1. The number of Topliss-reactive ketones (excluding diaryl/α,β-unsaturated/α-hetero) is 1. The first-order valence-electron chi connectivity index (χ1n) is 7.53. The molecule has 1 aliphatic rings. The molecule has 0 unspecified atom stereocenters. The number of rotatable bonds is 2. The average molecular weight is 301 g/mol. The lowest BCUT2D eigenvalue weighted by Crippen LogP contribution is -2.06. The van der Waals surface area contributed by atoms with Crippen molar-refractivity contribution in [1.82, 2.24) is 15.0 Å². The fourth-order valence-electron chi connectivity index (χ4n) is 2.80. The van der Waals surface area contributed by atoms with Crippen LogP contribution in [0.4, 0.5) is 0 Å². The fourth-order valence-corrected chi connectivity index (χ4v) is 2.80. The second kappa shape index (κ2) is 5.32. The normalized spacial score (nSPS) is 14.7. The second-order valence-corrected chi connectivity index (χ2v) is 5.69. The Morgan fingerprint density at radius 3 is 2.78 bits per heavy atom. The van der Waals surface area contributed by atoms with Crippen LogP contribution in [0.5, 0.6) is 0 Å². The quantitative estimate of drug-likeness (QED) is 0.785. The molecule has 0 radical (unpaired) electrons. The number of nitrogens with zero attached hydrogens (tertiary/aromatic N) is 2. The first kappa shape index (κ1) is 13.6. The van der Waals surface area contributed by atoms with Gasteiger partial charge >= 0.3 is 0 Å². The summed E-state index contributed by atoms with van der Waals surface area (Å²) in [7, 11) is 0. The average Bonchev–Trinajstić information content (AvgIpc) is 2.99. The minimum atomic E-state index is 0.0820. The van der Waals surface area contributed by atoms with E-state index < -0.39 is 0 Å². The van der Waals surface area contributed by atoms with Crippen LogP contribution in [0.3, 0.4) is 0 Å². The van der Waals surface area contributed by atoms with Crippen molar-refractivity contribution in [1.29, 1.82) is 0 Å². The molecule has 0 spiro atoms. The Morgan fingerprint density at radius 2 is 1.96 bits per heavy atom. The number of nitrogens with one attached hydrogen (secondary N) is 1. The standard InChI is InChI=1S/C19H15N3O/c1-12-2-4-16-17(10-12)22-19(21-16)15-11-14(3-5-18(15)23)13-6-8-20-9-7-13/h2-4,6-11H,5H2,1H3,(H,21,22). The third-order valence-corrected chi connectivity index (χ3v) is 4.01. The lowest BCUT2D eigenvalue weighted by molar-refractivity contribution is -0.113. The summed E-state index contributed by atoms with van der Waals surface area (Å²) >= 11 is 0. The monoisotopic (exact) mass is 301 g/mol. The van der Waals surface area contributed by atoms with Crippen LogP contribution in [0.15, 0.2) is 54.9 Å². The molecule has 1 N–H and O–H groups in total. The van der Waals surface area contributed by atoms with Crippen molar-refractivity contribution < 1.29 is 4.79 Å². The number of hydrogen-bond acceptors (Lipinski definition) is 3. The molecule has 0 amide bonds. The van der Waals surface area contributed by atoms with Crippen molar-refractivity contribution in [2.45, 2.75) is 13.3 Å². The zero-order valence-corrected chi connectivity index (χ0v) is 12.7. The van der Waals surface area contributed by atoms with Crippen LogP contribution >= 0.6 is 0 Å². The van der Waals surface area contributed by atoms with Crippen LogP contribution in [0.2, 0.25) is 0 Å². The number of aromatic amines is 1. The van der Waals surface area contributed by atoms with Crippen LogP contribution in [-0.2, 0) is 4.79 Å². The van der Waals surface area contributed by atoms with Gasteiger partial charge in [0.2, 0.25) is 0 Å². The number of carbonyl (C=O) groups is 1. The van der Waals surface area contributed by atoms with Gasteiger partial charge in [-0.25, -0.2) is 4.98 Å². The highest BCUT2D eigenvalue weighted by Crippen LogP contribution is 2.28. The Balaban J connectivity index is 1.80. The Morgan fingerprint density at radius 1 is 1.13 bits per heavy atom. The number of hydrogen-bond donors (Lipinski definition) is 1. The number of carbonyl (C=O) groups excluding carboxylic acids is 1. The minimum Gasteiger partial charge on any atom is -0.338 e. The highest BCUT2D eigenvalue weighted by molar-refractivity contribution is 6.24. The van der Waals surface area contributed by atoms with Gasteiger partial charge in [-0.15, -0.1) is 0 Å². The van der Waals surface area contributed by atoms with Crippen molar-refractivity contribution in [2.75, 3.05) is 0 Å². The molecular weight excluding hydrogens is 286 g/mol. The smallest absolute Gasteiger partial charge is 0.170 e. The highest BCUT2D eigenvalue weighted by atomic mass is 16.1. The van der Waals surface area contributed by atoms with Crippen LogP contribution in [0.1, 0.15) is 23.4 Å². The SMILES string of the molecule is Cc1ccc2nc(C3=CC(c4ccncc4)=CCC3=O)[nH]c2c1. The summed E-state index contributed by atoms with van der Waals surface area (Å²) < 4.78 is 0. The number of fused-ring (bicyclic) bond motifs is 1. The fraction of sp³-hybridized carbons (Fsp3) is 0.105. The summed E-state index contributed by atoms with van der Waals surface area (Å²) in [5.74, 6) is 0.717. The summed E-state index contributed by atoms with van der Waals surface area (Å²) in [4.78, 5) is 24.2. The van der Waals surface area contributed by atoms with Gasteiger partial charge in [-0.1, -0.05) is 12.1 Å². The number of imidazole rings is 1. The zero-order chi connectivity index (χ0) is 15.8. The predicted octanol–water partition coefficient (Wildman–Crippen LogP) is 3.71. The Bertz CT molecular complexity index is 965. The molecule has 0 saturated carbocycles. The number of H-pyrrole nitrogens is 1. The van der Waals surface area contributed by atoms with Crippen LogP contribution in [0.25, 0.3) is 22.2 Å². The van der Waals surface area contributed by atoms with E-state index in [1.807, 2.05) is 49.4 Å². The van der Waals surface area contributed by atoms with Gasteiger partial charge in [-0.05, 0) is 54.0 Å². The Labute approximate surface area is 133 Å². The van der Waals surface area contributed by atoms with E-state index in [1.54, 1.807) is 12.4 Å². The van der Waals surface area contributed by atoms with Crippen molar-refractivity contribution in [2.24, 2.45) is 0 Å². The molecule has 4 rings (SSSR count). The molecule has 3 aromatic rings. The molecule has 0 aliphatic heterocycles. The maximum Gasteiger partial charge on any atom is 0.170 e. The second-order valence-electron chi connectivity index (χ2n) is 5.69. The lowest BCUT2D eigenvalue weighted by atomic mass is 9.94. The van der Waals surface area contributed by atoms with E-state index in [9.17, 15) is 4.79 Å². The third kappa shape index (κ3) is 2.48. The van der Waals surface area contributed by atoms with Gasteiger partial charge in [-0.3, -0.25) is 9.78 Å². The molecule has 4 nitrogen and oxygen atoms in total. The first-order valence-corrected chi connectivity index (χ1v) is 7.53. The Kier molecular flexibility index (Phi) is 3.15. The van der Waals surface area contributed by atoms with E-state index in [1.165, 1.54) is 0 Å². The van der Waals surface area contributed by atoms with Gasteiger partial charge in [-0.2, -0.15) is 0 Å². The van der Waals surface area contributed by atoms with E-state index in [0.717, 1.165) is 27.7 Å². The van der Waals surface area contributed by atoms with Gasteiger partial charge in [0.05, 0.1) is 16.6 Å². The van der Waals surface area contributed by atoms with E-state index in [2.05, 4.69) is 15.0 Å². The molecule has 0 atom stereocenters. The van der Waals surface area contributed by atoms with Crippen LogP contribution in [-0.4, -0.2) is 20.7 Å². The Hall–Kier alpha value is -3.01. The summed E-state index contributed by atoms with van der Waals surface area (Å²) in [6.45, 7) is 2.04. The van der Waals surface area contributed by atoms with E-state index in [-0.39, 0.29) is 5.78 Å². The molecule has 1 aromatic carbocycles. The lowest BCUT2D eigenvalue weighted by Gasteiger charge is -2.11. The number of allylic oxidation sites excluding steroid dienone is 4. The van der Waals surface area contributed by atoms with Crippen LogP contribution in [0, 0.1) is 6.92 Å². The van der Waals surface area contributed by atoms with Crippen molar-refractivity contribution >= 4 is 28.0 Å². The third-order valence-electron chi connectivity index (χ3n) is 4.01. The molecule has 0 saturated heterocycles. The molecule has 2 heterocycles. The molecule has 2 aromatic heterocycles. The molecule has 112 valence electrons. The van der Waals surface area contributed by atoms with Gasteiger partial charge in [0.15, 0.2) is 5.78 Å². The summed E-state index contributed by atoms with van der Waals surface area (Å²) in [6, 6.07) is 9.92. The number of aromatic nitrogens is 3. The van der Waals surface area contributed by atoms with Crippen LogP contribution < -0.4 is 0 Å². The molecule has 1 aliphatic carbocycles. The molecule has 0 fully saturated rings. The first-order chi connectivity index (χ1) is 11.2. The minimum absolute atomic E-state index is 0.0820. The predicted molar refractivity (Wildman–Crippen MR) is 90.6 cm³/mol. The molecule has 0 bridgehead atoms. The molecular formula is C19H15N3O. The number of ketones is 1. The summed E-state index contributed by atoms with van der Waals surface area (Å²) in [5, 5.41) is 0. The van der Waals surface area contributed by atoms with Crippen molar-refractivity contribution in [3.63, 3.8) is 0 Å². The highest BCUT2D eigenvalue weighted by Gasteiger charge is 2.19. The maximum atomic E-state index is 12.3. The topological polar surface area (TPSA) is 58.6 Å². The molecule has 23 heavy (non-hydrogen) atoms. The summed E-state index contributed by atoms with van der Waals surface area (Å²) in [6.07, 6.45) is 7.76. The van der Waals surface area contributed by atoms with Crippen molar-refractivity contribution in [3.8, 4) is 0 Å². The van der Waals surface area contributed by atoms with Gasteiger partial charge in [0, 0.05) is 18.8 Å². The van der Waals surface area contributed by atoms with E-state index >= 15 is 0 Å². The van der Waals surface area contributed by atoms with E-state index in [4.69, 9.17) is 0 Å². The summed E-state index contributed by atoms with van der Waals surface area (Å²) in [5.41, 5.74) is 5.70. The van der Waals surface area contributed by atoms with Gasteiger partial charge < -0.3 is 4.98 Å². The number of benzene rings is 1. The van der Waals surface area contributed by atoms with Gasteiger partial charge in [0.25, 0.3) is 0 Å². The molecule has 4 heteroatoms. The maximum absolute atomic E-state index is 12.3. The van der Waals surface area contributed by atoms with Crippen molar-refractivity contribution in [3.05, 3.63) is 71.8 Å². The largest absolute Gasteiger partial charge is 0.338 e. The zero-order valence-electron chi connectivity index (χ0n) is 12.7. The van der Waals surface area contributed by atoms with Gasteiger partial charge in [0.1, 0.15) is 5.82 Å². The number of pyridine rings is 1.